The molecule has 0 bridgehead atoms. The van der Waals surface area contributed by atoms with Crippen LogP contribution in [-0.2, 0) is 7.05 Å². The predicted molar refractivity (Wildman–Crippen MR) is 137 cm³/mol. The van der Waals surface area contributed by atoms with Gasteiger partial charge in [-0.1, -0.05) is 30.3 Å². The highest BCUT2D eigenvalue weighted by atomic mass is 15.3. The summed E-state index contributed by atoms with van der Waals surface area (Å²) in [6.07, 6.45) is 10.5. The van der Waals surface area contributed by atoms with Crippen molar-refractivity contribution in [3.63, 3.8) is 0 Å². The highest BCUT2D eigenvalue weighted by molar-refractivity contribution is 6.01. The molecule has 1 saturated heterocycles. The van der Waals surface area contributed by atoms with E-state index in [0.717, 1.165) is 66.3 Å². The van der Waals surface area contributed by atoms with Crippen molar-refractivity contribution in [2.45, 2.75) is 6.04 Å². The Morgan fingerprint density at radius 1 is 1.06 bits per heavy atom. The third-order valence-electron chi connectivity index (χ3n) is 6.19. The summed E-state index contributed by atoms with van der Waals surface area (Å²) in [7, 11) is 1.90. The summed E-state index contributed by atoms with van der Waals surface area (Å²) >= 11 is 0. The van der Waals surface area contributed by atoms with Gasteiger partial charge in [-0.25, -0.2) is 15.0 Å². The van der Waals surface area contributed by atoms with Crippen LogP contribution in [0, 0.1) is 5.41 Å². The van der Waals surface area contributed by atoms with Crippen LogP contribution in [0.2, 0.25) is 0 Å². The molecular formula is C25H28N10. The van der Waals surface area contributed by atoms with Crippen LogP contribution in [0.1, 0.15) is 22.9 Å². The number of piperazine rings is 1. The van der Waals surface area contributed by atoms with Crippen LogP contribution >= 0.6 is 0 Å². The Labute approximate surface area is 203 Å². The van der Waals surface area contributed by atoms with E-state index in [9.17, 15) is 0 Å². The van der Waals surface area contributed by atoms with Crippen LogP contribution in [0.3, 0.4) is 0 Å². The molecule has 1 aliphatic heterocycles. The minimum Gasteiger partial charge on any atom is -0.358 e. The van der Waals surface area contributed by atoms with Gasteiger partial charge < -0.3 is 20.5 Å². The molecule has 0 aliphatic carbocycles. The number of hydrogen-bond acceptors (Lipinski definition) is 6. The molecule has 178 valence electrons. The van der Waals surface area contributed by atoms with Crippen LogP contribution in [0.4, 0.5) is 5.95 Å². The largest absolute Gasteiger partial charge is 0.358 e. The van der Waals surface area contributed by atoms with E-state index < -0.39 is 0 Å². The highest BCUT2D eigenvalue weighted by Crippen LogP contribution is 2.22. The summed E-state index contributed by atoms with van der Waals surface area (Å²) in [5.74, 6) is 1.44. The average molecular weight is 469 g/mol. The normalized spacial score (nSPS) is 15.3. The molecule has 10 nitrogen and oxygen atoms in total. The Hall–Kier alpha value is -4.31. The monoisotopic (exact) mass is 468 g/mol. The van der Waals surface area contributed by atoms with E-state index >= 15 is 0 Å². The molecule has 1 atom stereocenters. The van der Waals surface area contributed by atoms with Crippen LogP contribution in [0.5, 0.6) is 0 Å². The number of aromatic nitrogens is 5. The van der Waals surface area contributed by atoms with Crippen LogP contribution < -0.4 is 10.6 Å². The van der Waals surface area contributed by atoms with Crippen LogP contribution in [0.15, 0.2) is 72.4 Å². The molecule has 0 saturated carbocycles. The Kier molecular flexibility index (Phi) is 6.36. The van der Waals surface area contributed by atoms with Crippen LogP contribution in [0.25, 0.3) is 11.1 Å². The van der Waals surface area contributed by atoms with Gasteiger partial charge >= 0.3 is 0 Å². The van der Waals surface area contributed by atoms with Gasteiger partial charge in [0.05, 0.1) is 17.9 Å². The first-order valence-electron chi connectivity index (χ1n) is 11.5. The lowest BCUT2D eigenvalue weighted by molar-refractivity contribution is 0.383. The number of aromatic amines is 1. The standard InChI is InChI=1S/C25H28N10/c1-33-16-21(15-32-33)19-11-22(28-12-19)24(31-17-26)34-7-9-35(10-8-34)25-29-13-20(14-30-25)23(27)18-5-3-2-4-6-18/h2-6,11-17,23,26,28H,7-10,27H2,1H3/b26-17?,31-24+/t23-/m1/s1. The fraction of sp³-hybridized carbons (Fsp3) is 0.240. The van der Waals surface area contributed by atoms with E-state index in [4.69, 9.17) is 11.1 Å². The predicted octanol–water partition coefficient (Wildman–Crippen LogP) is 2.43. The Balaban J connectivity index is 1.25. The number of benzene rings is 1. The van der Waals surface area contributed by atoms with Gasteiger partial charge in [0, 0.05) is 74.7 Å². The lowest BCUT2D eigenvalue weighted by Gasteiger charge is -2.36. The van der Waals surface area contributed by atoms with E-state index in [1.807, 2.05) is 74.4 Å². The number of rotatable bonds is 6. The van der Waals surface area contributed by atoms with Gasteiger partial charge in [0.1, 0.15) is 6.34 Å². The third kappa shape index (κ3) is 4.82. The number of nitrogens with two attached hydrogens (primary N) is 1. The van der Waals surface area contributed by atoms with Crippen molar-refractivity contribution in [1.29, 1.82) is 5.41 Å². The second kappa shape index (κ2) is 9.90. The molecule has 5 rings (SSSR count). The van der Waals surface area contributed by atoms with E-state index in [1.165, 1.54) is 0 Å². The molecule has 35 heavy (non-hydrogen) atoms. The topological polar surface area (TPSA) is 128 Å². The van der Waals surface area contributed by atoms with Crippen molar-refractivity contribution in [2.24, 2.45) is 17.8 Å². The molecule has 0 radical (unpaired) electrons. The quantitative estimate of drug-likeness (QED) is 0.295. The lowest BCUT2D eigenvalue weighted by atomic mass is 10.0. The summed E-state index contributed by atoms with van der Waals surface area (Å²) in [6.45, 7) is 2.97. The SMILES string of the molecule is Cn1cc(-c2c[nH]c(/C(=N\C=N)N3CCN(c4ncc([C@H](N)c5ccccc5)cn4)CC3)c2)cn1. The molecule has 0 unspecified atom stereocenters. The smallest absolute Gasteiger partial charge is 0.225 e. The molecule has 4 aromatic rings. The molecule has 4 heterocycles. The summed E-state index contributed by atoms with van der Waals surface area (Å²) in [5, 5.41) is 11.8. The number of amidine groups is 1. The zero-order valence-electron chi connectivity index (χ0n) is 19.5. The molecule has 0 spiro atoms. The van der Waals surface area contributed by atoms with Crippen LogP contribution in [-0.4, -0.2) is 68.0 Å². The maximum Gasteiger partial charge on any atom is 0.225 e. The minimum absolute atomic E-state index is 0.251. The Bertz CT molecular complexity index is 1300. The van der Waals surface area contributed by atoms with Gasteiger partial charge in [-0.2, -0.15) is 5.10 Å². The fourth-order valence-electron chi connectivity index (χ4n) is 4.27. The molecule has 3 aromatic heterocycles. The number of nitrogens with one attached hydrogen (secondary N) is 2. The van der Waals surface area contributed by atoms with E-state index in [1.54, 1.807) is 4.68 Å². The van der Waals surface area contributed by atoms with Crippen molar-refractivity contribution in [3.8, 4) is 11.1 Å². The van der Waals surface area contributed by atoms with E-state index in [0.29, 0.717) is 5.95 Å². The van der Waals surface area contributed by atoms with Gasteiger partial charge in [-0.05, 0) is 11.6 Å². The summed E-state index contributed by atoms with van der Waals surface area (Å²) < 4.78 is 1.78. The van der Waals surface area contributed by atoms with Crippen molar-refractivity contribution < 1.29 is 0 Å². The number of aliphatic imine (C=N–C) groups is 1. The second-order valence-corrected chi connectivity index (χ2v) is 8.47. The summed E-state index contributed by atoms with van der Waals surface area (Å²) in [4.78, 5) is 21.2. The molecule has 1 aliphatic rings. The molecule has 10 heteroatoms. The lowest BCUT2D eigenvalue weighted by Crippen LogP contribution is -2.49. The van der Waals surface area contributed by atoms with E-state index in [2.05, 4.69) is 34.8 Å². The zero-order chi connectivity index (χ0) is 24.2. The first kappa shape index (κ1) is 22.5. The van der Waals surface area contributed by atoms with Gasteiger partial charge in [0.15, 0.2) is 5.84 Å². The number of nitrogens with zero attached hydrogens (tertiary/aromatic N) is 7. The number of aryl methyl sites for hydroxylation is 1. The molecular weight excluding hydrogens is 440 g/mol. The fourth-order valence-corrected chi connectivity index (χ4v) is 4.27. The number of H-pyrrole nitrogens is 1. The number of anilines is 1. The van der Waals surface area contributed by atoms with Gasteiger partial charge in [-0.15, -0.1) is 0 Å². The molecule has 4 N–H and O–H groups in total. The Morgan fingerprint density at radius 3 is 2.46 bits per heavy atom. The third-order valence-corrected chi connectivity index (χ3v) is 6.19. The average Bonchev–Trinajstić information content (AvgIpc) is 3.57. The van der Waals surface area contributed by atoms with E-state index in [-0.39, 0.29) is 6.04 Å². The molecule has 1 aromatic carbocycles. The van der Waals surface area contributed by atoms with Crippen molar-refractivity contribution in [3.05, 3.63) is 84.2 Å². The first-order valence-corrected chi connectivity index (χ1v) is 11.5. The maximum absolute atomic E-state index is 7.56. The van der Waals surface area contributed by atoms with Crippen molar-refractivity contribution >= 4 is 18.1 Å². The van der Waals surface area contributed by atoms with Crippen molar-refractivity contribution in [1.82, 2.24) is 29.6 Å². The van der Waals surface area contributed by atoms with Gasteiger partial charge in [0.2, 0.25) is 5.95 Å². The molecule has 0 amide bonds. The number of hydrogen-bond donors (Lipinski definition) is 3. The summed E-state index contributed by atoms with van der Waals surface area (Å²) in [6, 6.07) is 11.7. The zero-order valence-corrected chi connectivity index (χ0v) is 19.5. The maximum atomic E-state index is 7.56. The second-order valence-electron chi connectivity index (χ2n) is 8.47. The summed E-state index contributed by atoms with van der Waals surface area (Å²) in [5.41, 5.74) is 11.2. The Morgan fingerprint density at radius 2 is 1.80 bits per heavy atom. The highest BCUT2D eigenvalue weighted by Gasteiger charge is 2.23. The van der Waals surface area contributed by atoms with Gasteiger partial charge in [0.25, 0.3) is 0 Å². The molecule has 1 fully saturated rings. The van der Waals surface area contributed by atoms with Gasteiger partial charge in [-0.3, -0.25) is 10.1 Å². The minimum atomic E-state index is -0.251. The van der Waals surface area contributed by atoms with Crippen molar-refractivity contribution in [2.75, 3.05) is 31.1 Å². The first-order chi connectivity index (χ1) is 17.1.